The summed E-state index contributed by atoms with van der Waals surface area (Å²) in [6, 6.07) is 1.55. The highest BCUT2D eigenvalue weighted by molar-refractivity contribution is 5.88. The fourth-order valence-corrected chi connectivity index (χ4v) is 0.782. The molecule has 0 aliphatic rings. The molecule has 1 radical (unpaired) electrons. The molecule has 65 valence electrons. The molecule has 0 saturated carbocycles. The monoisotopic (exact) mass is 169 g/mol. The molecule has 0 bridgehead atoms. The third kappa shape index (κ3) is 1.85. The van der Waals surface area contributed by atoms with Crippen LogP contribution >= 0.6 is 0 Å². The van der Waals surface area contributed by atoms with Crippen LogP contribution in [-0.4, -0.2) is 13.1 Å². The number of ether oxygens (including phenoxy) is 2. The van der Waals surface area contributed by atoms with Gasteiger partial charge >= 0.3 is 5.97 Å². The number of esters is 1. The lowest BCUT2D eigenvalue weighted by atomic mass is 10.3. The standard InChI is InChI=1S/C8H9O4/c1-10-5-7-3-6(4-12-7)8(9)11-2/h3-4H,1,5H2,2H3. The summed E-state index contributed by atoms with van der Waals surface area (Å²) >= 11 is 0. The minimum atomic E-state index is -0.422. The second-order valence-electron chi connectivity index (χ2n) is 2.14. The molecule has 0 aliphatic carbocycles. The van der Waals surface area contributed by atoms with Crippen LogP contribution in [0.15, 0.2) is 16.7 Å². The summed E-state index contributed by atoms with van der Waals surface area (Å²) in [5, 5.41) is 0. The molecule has 0 aliphatic heterocycles. The highest BCUT2D eigenvalue weighted by atomic mass is 16.5. The van der Waals surface area contributed by atoms with Gasteiger partial charge in [-0.25, -0.2) is 4.79 Å². The minimum Gasteiger partial charge on any atom is -0.466 e. The average molecular weight is 169 g/mol. The Bertz CT molecular complexity index is 264. The maximum atomic E-state index is 10.9. The van der Waals surface area contributed by atoms with Gasteiger partial charge in [-0.3, -0.25) is 0 Å². The number of hydrogen-bond donors (Lipinski definition) is 0. The predicted molar refractivity (Wildman–Crippen MR) is 40.2 cm³/mol. The summed E-state index contributed by atoms with van der Waals surface area (Å²) < 4.78 is 14.0. The zero-order chi connectivity index (χ0) is 8.97. The predicted octanol–water partition coefficient (Wildman–Crippen LogP) is 1.37. The van der Waals surface area contributed by atoms with Gasteiger partial charge in [0.05, 0.1) is 19.8 Å². The van der Waals surface area contributed by atoms with Crippen molar-refractivity contribution in [3.05, 3.63) is 30.8 Å². The molecule has 1 rings (SSSR count). The van der Waals surface area contributed by atoms with Gasteiger partial charge in [0.2, 0.25) is 0 Å². The van der Waals surface area contributed by atoms with Crippen molar-refractivity contribution in [1.29, 1.82) is 0 Å². The van der Waals surface area contributed by atoms with Crippen LogP contribution in [0.5, 0.6) is 0 Å². The average Bonchev–Trinajstić information content (AvgIpc) is 2.52. The zero-order valence-electron chi connectivity index (χ0n) is 6.70. The van der Waals surface area contributed by atoms with Crippen LogP contribution in [0.3, 0.4) is 0 Å². The molecule has 12 heavy (non-hydrogen) atoms. The van der Waals surface area contributed by atoms with Crippen molar-refractivity contribution in [2.75, 3.05) is 7.11 Å². The molecule has 0 N–H and O–H groups in total. The van der Waals surface area contributed by atoms with Crippen LogP contribution in [0.4, 0.5) is 0 Å². The molecule has 0 saturated heterocycles. The molecule has 4 heteroatoms. The molecule has 1 aromatic heterocycles. The lowest BCUT2D eigenvalue weighted by molar-refractivity contribution is 0.0600. The van der Waals surface area contributed by atoms with Gasteiger partial charge < -0.3 is 13.9 Å². The molecule has 0 atom stereocenters. The first kappa shape index (κ1) is 8.80. The Hall–Kier alpha value is -1.29. The van der Waals surface area contributed by atoms with Gasteiger partial charge in [0.25, 0.3) is 0 Å². The SMILES string of the molecule is [CH2]OCc1cc(C(=O)OC)co1. The number of carbonyl (C=O) groups is 1. The lowest BCUT2D eigenvalue weighted by Gasteiger charge is -1.91. The minimum absolute atomic E-state index is 0.247. The molecule has 0 amide bonds. The van der Waals surface area contributed by atoms with E-state index in [1.54, 1.807) is 6.07 Å². The van der Waals surface area contributed by atoms with Crippen LogP contribution in [0, 0.1) is 7.11 Å². The topological polar surface area (TPSA) is 48.7 Å². The van der Waals surface area contributed by atoms with E-state index in [9.17, 15) is 4.79 Å². The van der Waals surface area contributed by atoms with Crippen molar-refractivity contribution in [2.24, 2.45) is 0 Å². The maximum absolute atomic E-state index is 10.9. The molecule has 1 heterocycles. The number of methoxy groups -OCH3 is 1. The first-order chi connectivity index (χ1) is 5.77. The van der Waals surface area contributed by atoms with Gasteiger partial charge in [0.15, 0.2) is 0 Å². The quantitative estimate of drug-likeness (QED) is 0.641. The number of carbonyl (C=O) groups excluding carboxylic acids is 1. The Kier molecular flexibility index (Phi) is 2.88. The van der Waals surface area contributed by atoms with Crippen LogP contribution in [0.2, 0.25) is 0 Å². The van der Waals surface area contributed by atoms with Crippen molar-refractivity contribution >= 4 is 5.97 Å². The lowest BCUT2D eigenvalue weighted by Crippen LogP contribution is -1.98. The van der Waals surface area contributed by atoms with Crippen LogP contribution in [-0.2, 0) is 16.1 Å². The Morgan fingerprint density at radius 2 is 2.50 bits per heavy atom. The molecule has 0 fully saturated rings. The van der Waals surface area contributed by atoms with E-state index in [1.807, 2.05) is 0 Å². The Balaban J connectivity index is 2.70. The van der Waals surface area contributed by atoms with Crippen LogP contribution < -0.4 is 0 Å². The summed E-state index contributed by atoms with van der Waals surface area (Å²) in [5.74, 6) is 0.125. The maximum Gasteiger partial charge on any atom is 0.341 e. The summed E-state index contributed by atoms with van der Waals surface area (Å²) in [7, 11) is 4.49. The fourth-order valence-electron chi connectivity index (χ4n) is 0.782. The largest absolute Gasteiger partial charge is 0.466 e. The number of hydrogen-bond acceptors (Lipinski definition) is 4. The van der Waals surface area contributed by atoms with E-state index >= 15 is 0 Å². The number of rotatable bonds is 3. The van der Waals surface area contributed by atoms with Crippen molar-refractivity contribution in [2.45, 2.75) is 6.61 Å². The highest BCUT2D eigenvalue weighted by Crippen LogP contribution is 2.09. The Labute approximate surface area is 70.1 Å². The fraction of sp³-hybridized carbons (Fsp3) is 0.250. The summed E-state index contributed by atoms with van der Waals surface area (Å²) in [6.07, 6.45) is 1.32. The smallest absolute Gasteiger partial charge is 0.341 e. The van der Waals surface area contributed by atoms with E-state index in [2.05, 4.69) is 16.6 Å². The van der Waals surface area contributed by atoms with E-state index in [0.717, 1.165) is 0 Å². The molecular weight excluding hydrogens is 160 g/mol. The van der Waals surface area contributed by atoms with E-state index < -0.39 is 5.97 Å². The molecular formula is C8H9O4. The van der Waals surface area contributed by atoms with Crippen molar-refractivity contribution in [1.82, 2.24) is 0 Å². The van der Waals surface area contributed by atoms with Gasteiger partial charge in [0, 0.05) is 0 Å². The zero-order valence-corrected chi connectivity index (χ0v) is 6.70. The highest BCUT2D eigenvalue weighted by Gasteiger charge is 2.09. The van der Waals surface area contributed by atoms with Crippen molar-refractivity contribution < 1.29 is 18.7 Å². The van der Waals surface area contributed by atoms with Crippen LogP contribution in [0.1, 0.15) is 16.1 Å². The summed E-state index contributed by atoms with van der Waals surface area (Å²) in [5.41, 5.74) is 0.379. The summed E-state index contributed by atoms with van der Waals surface area (Å²) in [4.78, 5) is 10.9. The molecule has 0 aromatic carbocycles. The van der Waals surface area contributed by atoms with E-state index in [1.165, 1.54) is 13.4 Å². The first-order valence-electron chi connectivity index (χ1n) is 3.30. The van der Waals surface area contributed by atoms with Crippen molar-refractivity contribution in [3.63, 3.8) is 0 Å². The molecule has 0 spiro atoms. The third-order valence-corrected chi connectivity index (χ3v) is 1.32. The van der Waals surface area contributed by atoms with E-state index in [-0.39, 0.29) is 6.61 Å². The summed E-state index contributed by atoms with van der Waals surface area (Å²) in [6.45, 7) is 0.247. The van der Waals surface area contributed by atoms with E-state index in [4.69, 9.17) is 4.42 Å². The first-order valence-corrected chi connectivity index (χ1v) is 3.30. The van der Waals surface area contributed by atoms with Gasteiger partial charge in [-0.1, -0.05) is 0 Å². The van der Waals surface area contributed by atoms with Crippen LogP contribution in [0.25, 0.3) is 0 Å². The van der Waals surface area contributed by atoms with Gasteiger partial charge in [0.1, 0.15) is 18.6 Å². The Morgan fingerprint density at radius 1 is 1.75 bits per heavy atom. The molecule has 0 unspecified atom stereocenters. The Morgan fingerprint density at radius 3 is 3.08 bits per heavy atom. The molecule has 4 nitrogen and oxygen atoms in total. The van der Waals surface area contributed by atoms with Gasteiger partial charge in [-0.2, -0.15) is 0 Å². The van der Waals surface area contributed by atoms with E-state index in [0.29, 0.717) is 11.3 Å². The normalized spacial score (nSPS) is 9.83. The van der Waals surface area contributed by atoms with Crippen molar-refractivity contribution in [3.8, 4) is 0 Å². The van der Waals surface area contributed by atoms with Gasteiger partial charge in [-0.15, -0.1) is 0 Å². The number of furan rings is 1. The molecule has 1 aromatic rings. The van der Waals surface area contributed by atoms with Gasteiger partial charge in [-0.05, 0) is 6.07 Å². The second kappa shape index (κ2) is 3.92. The third-order valence-electron chi connectivity index (χ3n) is 1.32. The second-order valence-corrected chi connectivity index (χ2v) is 2.14.